The number of aromatic nitrogens is 1. The largest absolute Gasteiger partial charge is 0.322 e. The number of benzene rings is 2. The zero-order valence-electron chi connectivity index (χ0n) is 20.9. The van der Waals surface area contributed by atoms with Crippen molar-refractivity contribution in [2.45, 2.75) is 46.5 Å². The standard InChI is InChI=1S/C31H29N3OS/c1-20-13-15-26(16-14-20)33-30(35)29-27-11-7-8-12-28(27)36-31(29)34-21(2)17-24(22(34)3)18-25(19-32)23-9-5-4-6-10-23/h4-6,9-10,13-18H,7-8,11-12H2,1-3H3,(H,33,35)/b25-18+. The molecule has 2 heterocycles. The van der Waals surface area contributed by atoms with Crippen molar-refractivity contribution in [3.05, 3.63) is 105 Å². The van der Waals surface area contributed by atoms with Crippen molar-refractivity contribution < 1.29 is 4.79 Å². The summed E-state index contributed by atoms with van der Waals surface area (Å²) in [4.78, 5) is 15.0. The highest BCUT2D eigenvalue weighted by Gasteiger charge is 2.28. The summed E-state index contributed by atoms with van der Waals surface area (Å²) in [5.74, 6) is -0.0557. The van der Waals surface area contributed by atoms with Crippen LogP contribution >= 0.6 is 11.3 Å². The van der Waals surface area contributed by atoms with Gasteiger partial charge in [-0.2, -0.15) is 5.26 Å². The van der Waals surface area contributed by atoms with E-state index in [4.69, 9.17) is 0 Å². The number of hydrogen-bond acceptors (Lipinski definition) is 3. The number of nitrogens with one attached hydrogen (secondary N) is 1. The molecule has 1 N–H and O–H groups in total. The lowest BCUT2D eigenvalue weighted by atomic mass is 9.95. The molecule has 4 nitrogen and oxygen atoms in total. The van der Waals surface area contributed by atoms with Crippen LogP contribution in [0.5, 0.6) is 0 Å². The summed E-state index contributed by atoms with van der Waals surface area (Å²) in [7, 11) is 0. The monoisotopic (exact) mass is 491 g/mol. The molecule has 0 radical (unpaired) electrons. The minimum Gasteiger partial charge on any atom is -0.322 e. The molecule has 180 valence electrons. The van der Waals surface area contributed by atoms with Gasteiger partial charge in [-0.05, 0) is 87.4 Å². The van der Waals surface area contributed by atoms with E-state index in [1.807, 2.05) is 67.6 Å². The van der Waals surface area contributed by atoms with Gasteiger partial charge in [-0.3, -0.25) is 4.79 Å². The van der Waals surface area contributed by atoms with Gasteiger partial charge in [0.2, 0.25) is 0 Å². The van der Waals surface area contributed by atoms with Crippen molar-refractivity contribution in [2.75, 3.05) is 5.32 Å². The van der Waals surface area contributed by atoms with Crippen molar-refractivity contribution in [1.29, 1.82) is 5.26 Å². The highest BCUT2D eigenvalue weighted by Crippen LogP contribution is 2.39. The number of fused-ring (bicyclic) bond motifs is 1. The van der Waals surface area contributed by atoms with Crippen molar-refractivity contribution in [3.8, 4) is 11.1 Å². The van der Waals surface area contributed by atoms with Crippen LogP contribution in [-0.4, -0.2) is 10.5 Å². The maximum Gasteiger partial charge on any atom is 0.258 e. The zero-order valence-corrected chi connectivity index (χ0v) is 21.7. The minimum absolute atomic E-state index is 0.0557. The summed E-state index contributed by atoms with van der Waals surface area (Å²) < 4.78 is 2.19. The highest BCUT2D eigenvalue weighted by atomic mass is 32.1. The smallest absolute Gasteiger partial charge is 0.258 e. The number of carbonyl (C=O) groups is 1. The molecule has 1 amide bonds. The average Bonchev–Trinajstić information content (AvgIpc) is 3.40. The molecule has 5 heteroatoms. The van der Waals surface area contributed by atoms with E-state index in [0.29, 0.717) is 5.57 Å². The Bertz CT molecular complexity index is 1500. The van der Waals surface area contributed by atoms with Gasteiger partial charge in [0.15, 0.2) is 0 Å². The lowest BCUT2D eigenvalue weighted by Gasteiger charge is -2.14. The van der Waals surface area contributed by atoms with Gasteiger partial charge in [0.25, 0.3) is 5.91 Å². The van der Waals surface area contributed by atoms with Crippen LogP contribution in [-0.2, 0) is 12.8 Å². The van der Waals surface area contributed by atoms with E-state index in [-0.39, 0.29) is 5.91 Å². The molecule has 2 aromatic heterocycles. The second-order valence-electron chi connectivity index (χ2n) is 9.41. The predicted octanol–water partition coefficient (Wildman–Crippen LogP) is 7.66. The third-order valence-corrected chi connectivity index (χ3v) is 8.14. The van der Waals surface area contributed by atoms with Gasteiger partial charge >= 0.3 is 0 Å². The number of nitriles is 1. The lowest BCUT2D eigenvalue weighted by molar-refractivity contribution is 0.102. The molecule has 2 aromatic carbocycles. The fourth-order valence-electron chi connectivity index (χ4n) is 4.97. The summed E-state index contributed by atoms with van der Waals surface area (Å²) in [5, 5.41) is 13.9. The normalized spacial score (nSPS) is 13.2. The number of nitrogens with zero attached hydrogens (tertiary/aromatic N) is 2. The van der Waals surface area contributed by atoms with Gasteiger partial charge in [0, 0.05) is 22.0 Å². The van der Waals surface area contributed by atoms with Crippen LogP contribution in [0.25, 0.3) is 16.7 Å². The molecule has 36 heavy (non-hydrogen) atoms. The number of amides is 1. The Morgan fingerprint density at radius 3 is 2.47 bits per heavy atom. The third kappa shape index (κ3) is 4.53. The molecule has 0 spiro atoms. The summed E-state index contributed by atoms with van der Waals surface area (Å²) in [5.41, 5.74) is 8.53. The van der Waals surface area contributed by atoms with Crippen LogP contribution in [0.4, 0.5) is 5.69 Å². The number of rotatable bonds is 5. The first-order chi connectivity index (χ1) is 17.5. The van der Waals surface area contributed by atoms with Crippen LogP contribution in [0.15, 0.2) is 60.7 Å². The first kappa shape index (κ1) is 23.8. The van der Waals surface area contributed by atoms with Gasteiger partial charge in [-0.1, -0.05) is 48.0 Å². The Labute approximate surface area is 216 Å². The van der Waals surface area contributed by atoms with Crippen LogP contribution in [0.1, 0.15) is 61.7 Å². The van der Waals surface area contributed by atoms with Gasteiger partial charge in [-0.25, -0.2) is 0 Å². The second kappa shape index (κ2) is 10.0. The van der Waals surface area contributed by atoms with Gasteiger partial charge in [0.1, 0.15) is 5.00 Å². The van der Waals surface area contributed by atoms with Crippen molar-refractivity contribution in [1.82, 2.24) is 4.57 Å². The van der Waals surface area contributed by atoms with Crippen LogP contribution in [0, 0.1) is 32.1 Å². The van der Waals surface area contributed by atoms with E-state index in [0.717, 1.165) is 70.0 Å². The Balaban J connectivity index is 1.60. The lowest BCUT2D eigenvalue weighted by Crippen LogP contribution is -2.17. The molecule has 1 aliphatic rings. The van der Waals surface area contributed by atoms with Crippen molar-refractivity contribution in [3.63, 3.8) is 0 Å². The fourth-order valence-corrected chi connectivity index (χ4v) is 6.47. The summed E-state index contributed by atoms with van der Waals surface area (Å²) >= 11 is 1.74. The van der Waals surface area contributed by atoms with E-state index in [9.17, 15) is 10.1 Å². The zero-order chi connectivity index (χ0) is 25.2. The Morgan fingerprint density at radius 1 is 1.03 bits per heavy atom. The first-order valence-corrected chi connectivity index (χ1v) is 13.2. The second-order valence-corrected chi connectivity index (χ2v) is 10.5. The van der Waals surface area contributed by atoms with E-state index >= 15 is 0 Å². The summed E-state index contributed by atoms with van der Waals surface area (Å²) in [6.45, 7) is 6.18. The number of carbonyl (C=O) groups excluding carboxylic acids is 1. The number of aryl methyl sites for hydroxylation is 3. The summed E-state index contributed by atoms with van der Waals surface area (Å²) in [6, 6.07) is 22.1. The van der Waals surface area contributed by atoms with E-state index < -0.39 is 0 Å². The molecule has 0 saturated carbocycles. The van der Waals surface area contributed by atoms with E-state index in [1.165, 1.54) is 10.4 Å². The number of hydrogen-bond donors (Lipinski definition) is 1. The molecular formula is C31H29N3OS. The summed E-state index contributed by atoms with van der Waals surface area (Å²) in [6.07, 6.45) is 6.17. The SMILES string of the molecule is Cc1ccc(NC(=O)c2c(-n3c(C)cc(/C=C(\C#N)c4ccccc4)c3C)sc3c2CCCC3)cc1. The molecule has 0 fully saturated rings. The van der Waals surface area contributed by atoms with Crippen LogP contribution in [0.3, 0.4) is 0 Å². The number of anilines is 1. The van der Waals surface area contributed by atoms with E-state index in [1.54, 1.807) is 11.3 Å². The Kier molecular flexibility index (Phi) is 6.63. The van der Waals surface area contributed by atoms with Gasteiger partial charge < -0.3 is 9.88 Å². The number of thiophene rings is 1. The van der Waals surface area contributed by atoms with Crippen molar-refractivity contribution in [2.24, 2.45) is 0 Å². The van der Waals surface area contributed by atoms with Gasteiger partial charge in [0.05, 0.1) is 17.2 Å². The Morgan fingerprint density at radius 2 is 1.75 bits per heavy atom. The molecule has 0 aliphatic heterocycles. The molecule has 1 aliphatic carbocycles. The van der Waals surface area contributed by atoms with Crippen molar-refractivity contribution >= 4 is 34.6 Å². The van der Waals surface area contributed by atoms with Gasteiger partial charge in [-0.15, -0.1) is 11.3 Å². The predicted molar refractivity (Wildman–Crippen MR) is 149 cm³/mol. The molecular weight excluding hydrogens is 462 g/mol. The third-order valence-electron chi connectivity index (χ3n) is 6.87. The maximum atomic E-state index is 13.7. The quantitative estimate of drug-likeness (QED) is 0.291. The number of allylic oxidation sites excluding steroid dienone is 1. The fraction of sp³-hybridized carbons (Fsp3) is 0.226. The molecule has 0 saturated heterocycles. The van der Waals surface area contributed by atoms with E-state index in [2.05, 4.69) is 35.9 Å². The molecule has 0 bridgehead atoms. The molecule has 4 aromatic rings. The Hall–Kier alpha value is -3.88. The minimum atomic E-state index is -0.0557. The molecule has 0 unspecified atom stereocenters. The van der Waals surface area contributed by atoms with Crippen LogP contribution in [0.2, 0.25) is 0 Å². The first-order valence-electron chi connectivity index (χ1n) is 12.4. The molecule has 5 rings (SSSR count). The molecule has 0 atom stereocenters. The van der Waals surface area contributed by atoms with Crippen LogP contribution < -0.4 is 5.32 Å². The maximum absolute atomic E-state index is 13.7. The highest BCUT2D eigenvalue weighted by molar-refractivity contribution is 7.15. The topological polar surface area (TPSA) is 57.8 Å². The average molecular weight is 492 g/mol.